The average Bonchev–Trinajstić information content (AvgIpc) is 3.53. The van der Waals surface area contributed by atoms with E-state index in [0.717, 1.165) is 22.3 Å². The van der Waals surface area contributed by atoms with Crippen molar-refractivity contribution < 1.29 is 9.66 Å². The van der Waals surface area contributed by atoms with Crippen LogP contribution in [0.4, 0.5) is 5.69 Å². The van der Waals surface area contributed by atoms with E-state index in [4.69, 9.17) is 9.84 Å². The molecular weight excluding hydrogens is 540 g/mol. The third-order valence-corrected chi connectivity index (χ3v) is 7.15. The van der Waals surface area contributed by atoms with Gasteiger partial charge in [0.25, 0.3) is 5.69 Å². The van der Waals surface area contributed by atoms with Gasteiger partial charge in [0.1, 0.15) is 0 Å². The van der Waals surface area contributed by atoms with Gasteiger partial charge in [0.15, 0.2) is 5.54 Å². The molecule has 0 spiro atoms. The van der Waals surface area contributed by atoms with Gasteiger partial charge in [-0.05, 0) is 53.4 Å². The normalized spacial score (nSPS) is 11.4. The molecule has 2 heterocycles. The Morgan fingerprint density at radius 3 is 1.84 bits per heavy atom. The Hall–Kier alpha value is -5.70. The predicted octanol–water partition coefficient (Wildman–Crippen LogP) is 6.94. The summed E-state index contributed by atoms with van der Waals surface area (Å²) < 4.78 is 5.70. The van der Waals surface area contributed by atoms with E-state index in [0.29, 0.717) is 17.0 Å². The van der Waals surface area contributed by atoms with Crippen LogP contribution in [0.3, 0.4) is 0 Å². The Kier molecular flexibility index (Phi) is 7.44. The van der Waals surface area contributed by atoms with Crippen LogP contribution < -0.4 is 4.74 Å². The lowest BCUT2D eigenvalue weighted by Crippen LogP contribution is -2.39. The van der Waals surface area contributed by atoms with E-state index in [1.165, 1.54) is 12.1 Å². The van der Waals surface area contributed by atoms with E-state index >= 15 is 0 Å². The van der Waals surface area contributed by atoms with Crippen molar-refractivity contribution >= 4 is 5.69 Å². The number of nitro groups is 1. The lowest BCUT2D eigenvalue weighted by atomic mass is 9.77. The lowest BCUT2D eigenvalue weighted by Gasteiger charge is -2.34. The Morgan fingerprint density at radius 1 is 0.767 bits per heavy atom. The second-order valence-corrected chi connectivity index (χ2v) is 10.2. The molecule has 0 atom stereocenters. The highest BCUT2D eigenvalue weighted by molar-refractivity contribution is 5.81. The molecule has 212 valence electrons. The zero-order valence-electron chi connectivity index (χ0n) is 23.6. The maximum absolute atomic E-state index is 11.8. The summed E-state index contributed by atoms with van der Waals surface area (Å²) in [6.45, 7) is 3.86. The molecule has 9 nitrogen and oxygen atoms in total. The van der Waals surface area contributed by atoms with Crippen LogP contribution in [0, 0.1) is 10.1 Å². The summed E-state index contributed by atoms with van der Waals surface area (Å²) in [6, 6.07) is 38.2. The number of aromatic nitrogens is 5. The Morgan fingerprint density at radius 2 is 1.35 bits per heavy atom. The van der Waals surface area contributed by atoms with Crippen molar-refractivity contribution in [2.75, 3.05) is 0 Å². The monoisotopic (exact) mass is 568 g/mol. The fourth-order valence-electron chi connectivity index (χ4n) is 5.28. The number of hydrogen-bond donors (Lipinski definition) is 0. The molecular formula is C34H28N6O3. The van der Waals surface area contributed by atoms with Gasteiger partial charge in [-0.2, -0.15) is 0 Å². The first-order chi connectivity index (χ1) is 21.0. The number of pyridine rings is 1. The van der Waals surface area contributed by atoms with E-state index in [2.05, 4.69) is 15.3 Å². The largest absolute Gasteiger partial charge is 0.475 e. The summed E-state index contributed by atoms with van der Waals surface area (Å²) in [5.74, 6) is 0.734. The Labute approximate surface area is 248 Å². The molecule has 43 heavy (non-hydrogen) atoms. The zero-order valence-corrected chi connectivity index (χ0v) is 23.6. The molecule has 0 N–H and O–H groups in total. The molecule has 0 saturated carbocycles. The molecule has 0 radical (unpaired) electrons. The number of non-ortho nitro benzene ring substituents is 1. The molecule has 0 aliphatic rings. The summed E-state index contributed by atoms with van der Waals surface area (Å²) in [5, 5.41) is 25.9. The predicted molar refractivity (Wildman–Crippen MR) is 164 cm³/mol. The van der Waals surface area contributed by atoms with Gasteiger partial charge in [0.2, 0.25) is 11.7 Å². The van der Waals surface area contributed by atoms with Crippen LogP contribution in [0.5, 0.6) is 5.88 Å². The summed E-state index contributed by atoms with van der Waals surface area (Å²) in [5.41, 5.74) is 3.61. The van der Waals surface area contributed by atoms with Crippen molar-refractivity contribution in [1.29, 1.82) is 0 Å². The number of nitrogens with zero attached hydrogens (tertiary/aromatic N) is 6. The molecule has 9 heteroatoms. The van der Waals surface area contributed by atoms with Gasteiger partial charge in [-0.15, -0.1) is 15.0 Å². The smallest absolute Gasteiger partial charge is 0.270 e. The van der Waals surface area contributed by atoms with Gasteiger partial charge < -0.3 is 4.74 Å². The van der Waals surface area contributed by atoms with Crippen LogP contribution in [0.15, 0.2) is 128 Å². The van der Waals surface area contributed by atoms with Crippen LogP contribution in [-0.2, 0) is 5.54 Å². The topological polar surface area (TPSA) is 109 Å². The maximum atomic E-state index is 11.8. The number of rotatable bonds is 9. The first kappa shape index (κ1) is 27.5. The molecule has 0 unspecified atom stereocenters. The molecule has 0 aliphatic heterocycles. The number of ether oxygens (including phenoxy) is 1. The highest BCUT2D eigenvalue weighted by Gasteiger charge is 2.41. The summed E-state index contributed by atoms with van der Waals surface area (Å²) in [6.07, 6.45) is 1.65. The second kappa shape index (κ2) is 11.7. The molecule has 0 fully saturated rings. The van der Waals surface area contributed by atoms with Crippen LogP contribution in [0.25, 0.3) is 22.5 Å². The van der Waals surface area contributed by atoms with Crippen molar-refractivity contribution in [3.05, 3.63) is 154 Å². The van der Waals surface area contributed by atoms with Crippen molar-refractivity contribution in [1.82, 2.24) is 25.2 Å². The molecule has 0 aliphatic carbocycles. The third-order valence-electron chi connectivity index (χ3n) is 7.15. The molecule has 2 aromatic heterocycles. The van der Waals surface area contributed by atoms with E-state index in [9.17, 15) is 10.1 Å². The van der Waals surface area contributed by atoms with Crippen LogP contribution in [-0.4, -0.2) is 36.2 Å². The molecule has 0 saturated heterocycles. The number of benzene rings is 4. The fraction of sp³-hybridized carbons (Fsp3) is 0.118. The summed E-state index contributed by atoms with van der Waals surface area (Å²) >= 11 is 0. The zero-order chi connectivity index (χ0) is 29.8. The number of nitro benzene ring substituents is 1. The quantitative estimate of drug-likeness (QED) is 0.106. The van der Waals surface area contributed by atoms with Crippen molar-refractivity contribution in [3.8, 4) is 28.4 Å². The van der Waals surface area contributed by atoms with E-state index in [1.807, 2.05) is 111 Å². The maximum Gasteiger partial charge on any atom is 0.270 e. The average molecular weight is 569 g/mol. The van der Waals surface area contributed by atoms with E-state index in [-0.39, 0.29) is 17.6 Å². The minimum Gasteiger partial charge on any atom is -0.475 e. The van der Waals surface area contributed by atoms with Gasteiger partial charge in [0.05, 0.1) is 11.0 Å². The molecule has 6 rings (SSSR count). The van der Waals surface area contributed by atoms with Gasteiger partial charge in [-0.25, -0.2) is 4.98 Å². The summed E-state index contributed by atoms with van der Waals surface area (Å²) in [7, 11) is 0. The lowest BCUT2D eigenvalue weighted by molar-refractivity contribution is -0.384. The molecule has 0 amide bonds. The Bertz CT molecular complexity index is 1740. The van der Waals surface area contributed by atoms with Crippen LogP contribution in [0.1, 0.15) is 30.5 Å². The van der Waals surface area contributed by atoms with E-state index in [1.54, 1.807) is 23.1 Å². The van der Waals surface area contributed by atoms with Gasteiger partial charge in [-0.1, -0.05) is 91.0 Å². The van der Waals surface area contributed by atoms with Gasteiger partial charge >= 0.3 is 0 Å². The van der Waals surface area contributed by atoms with Crippen molar-refractivity contribution in [3.63, 3.8) is 0 Å². The highest BCUT2D eigenvalue weighted by Crippen LogP contribution is 2.41. The summed E-state index contributed by atoms with van der Waals surface area (Å²) in [4.78, 5) is 17.4. The van der Waals surface area contributed by atoms with Crippen LogP contribution >= 0.6 is 0 Å². The first-order valence-corrected chi connectivity index (χ1v) is 13.9. The van der Waals surface area contributed by atoms with Gasteiger partial charge in [-0.3, -0.25) is 10.1 Å². The number of tetrazole rings is 1. The standard InChI is InChI=1S/C34H28N6O3/c1-24(2)43-32-21-18-25(23-35-32)30-20-19-29(39(41)42)22-31(30)33-36-38-40(37-33)34(26-12-6-3-7-13-26,27-14-8-4-9-15-27)28-16-10-5-11-17-28/h3-24H,1-2H3. The molecule has 0 bridgehead atoms. The van der Waals surface area contributed by atoms with E-state index < -0.39 is 10.5 Å². The first-order valence-electron chi connectivity index (χ1n) is 13.9. The SMILES string of the molecule is CC(C)Oc1ccc(-c2ccc([N+](=O)[O-])cc2-c2nnn(C(c3ccccc3)(c3ccccc3)c3ccccc3)n2)cn1. The van der Waals surface area contributed by atoms with Crippen LogP contribution in [0.2, 0.25) is 0 Å². The third kappa shape index (κ3) is 5.24. The van der Waals surface area contributed by atoms with Crippen molar-refractivity contribution in [2.24, 2.45) is 0 Å². The number of hydrogen-bond acceptors (Lipinski definition) is 7. The highest BCUT2D eigenvalue weighted by atomic mass is 16.6. The Balaban J connectivity index is 1.56. The molecule has 4 aromatic carbocycles. The van der Waals surface area contributed by atoms with Crippen molar-refractivity contribution in [2.45, 2.75) is 25.5 Å². The molecule has 6 aromatic rings. The van der Waals surface area contributed by atoms with Gasteiger partial charge in [0, 0.05) is 35.5 Å². The fourth-order valence-corrected chi connectivity index (χ4v) is 5.28. The minimum absolute atomic E-state index is 0.0216. The minimum atomic E-state index is -0.979. The second-order valence-electron chi connectivity index (χ2n) is 10.2.